The first-order valence-corrected chi connectivity index (χ1v) is 7.92. The normalized spacial score (nSPS) is 14.0. The zero-order chi connectivity index (χ0) is 15.7. The summed E-state index contributed by atoms with van der Waals surface area (Å²) >= 11 is 0. The van der Waals surface area contributed by atoms with Crippen molar-refractivity contribution in [3.8, 4) is 5.75 Å². The average Bonchev–Trinajstić information content (AvgIpc) is 2.49. The van der Waals surface area contributed by atoms with Crippen molar-refractivity contribution in [1.29, 1.82) is 0 Å². The molecule has 1 aromatic rings. The van der Waals surface area contributed by atoms with E-state index in [1.54, 1.807) is 7.11 Å². The third kappa shape index (κ3) is 7.33. The summed E-state index contributed by atoms with van der Waals surface area (Å²) in [5.74, 6) is 2.19. The van der Waals surface area contributed by atoms with Gasteiger partial charge in [-0.3, -0.25) is 0 Å². The molecule has 0 aliphatic carbocycles. The van der Waals surface area contributed by atoms with E-state index >= 15 is 0 Å². The highest BCUT2D eigenvalue weighted by atomic mass is 16.5. The van der Waals surface area contributed by atoms with Crippen molar-refractivity contribution in [2.45, 2.75) is 52.7 Å². The highest BCUT2D eigenvalue weighted by Crippen LogP contribution is 2.20. The fourth-order valence-electron chi connectivity index (χ4n) is 2.33. The maximum absolute atomic E-state index is 5.95. The quantitative estimate of drug-likeness (QED) is 0.549. The minimum Gasteiger partial charge on any atom is -0.497 e. The predicted octanol–water partition coefficient (Wildman–Crippen LogP) is 5.23. The lowest BCUT2D eigenvalue weighted by Gasteiger charge is -2.19. The minimum absolute atomic E-state index is 0.252. The molecule has 0 spiro atoms. The summed E-state index contributed by atoms with van der Waals surface area (Å²) in [4.78, 5) is 0. The molecule has 0 heterocycles. The zero-order valence-electron chi connectivity index (χ0n) is 14.0. The van der Waals surface area contributed by atoms with Gasteiger partial charge in [-0.1, -0.05) is 38.5 Å². The molecule has 0 aliphatic rings. The van der Waals surface area contributed by atoms with E-state index in [-0.39, 0.29) is 6.10 Å². The van der Waals surface area contributed by atoms with Gasteiger partial charge < -0.3 is 9.47 Å². The van der Waals surface area contributed by atoms with Crippen LogP contribution in [0.5, 0.6) is 5.75 Å². The molecule has 0 bridgehead atoms. The summed E-state index contributed by atoms with van der Waals surface area (Å²) in [7, 11) is 1.68. The van der Waals surface area contributed by atoms with E-state index in [9.17, 15) is 0 Å². The topological polar surface area (TPSA) is 18.5 Å². The molecule has 118 valence electrons. The Labute approximate surface area is 130 Å². The van der Waals surface area contributed by atoms with Crippen molar-refractivity contribution in [3.05, 3.63) is 42.5 Å². The van der Waals surface area contributed by atoms with Crippen LogP contribution in [0.4, 0.5) is 0 Å². The van der Waals surface area contributed by atoms with E-state index < -0.39 is 0 Å². The summed E-state index contributed by atoms with van der Waals surface area (Å²) in [6.45, 7) is 11.3. The number of ether oxygens (including phenoxy) is 2. The Hall–Kier alpha value is -1.28. The van der Waals surface area contributed by atoms with Crippen LogP contribution in [0.2, 0.25) is 0 Å². The smallest absolute Gasteiger partial charge is 0.118 e. The summed E-state index contributed by atoms with van der Waals surface area (Å²) in [5, 5.41) is 0. The van der Waals surface area contributed by atoms with Crippen LogP contribution in [0, 0.1) is 11.8 Å². The number of hydrogen-bond donors (Lipinski definition) is 0. The second kappa shape index (κ2) is 9.62. The van der Waals surface area contributed by atoms with E-state index in [0.717, 1.165) is 18.1 Å². The largest absolute Gasteiger partial charge is 0.497 e. The standard InChI is InChI=1S/C19H30O2/c1-6-17(8-7-15(2)3)13-16(4)21-14-18-9-11-19(20-5)12-10-18/h6,9-12,15-17H,1,7-8,13-14H2,2-5H3. The first-order valence-electron chi connectivity index (χ1n) is 7.92. The van der Waals surface area contributed by atoms with E-state index in [4.69, 9.17) is 9.47 Å². The fraction of sp³-hybridized carbons (Fsp3) is 0.579. The van der Waals surface area contributed by atoms with Crippen LogP contribution >= 0.6 is 0 Å². The van der Waals surface area contributed by atoms with Crippen molar-refractivity contribution >= 4 is 0 Å². The zero-order valence-corrected chi connectivity index (χ0v) is 14.0. The molecular weight excluding hydrogens is 260 g/mol. The molecule has 0 saturated heterocycles. The summed E-state index contributed by atoms with van der Waals surface area (Å²) in [6, 6.07) is 8.04. The predicted molar refractivity (Wildman–Crippen MR) is 89.6 cm³/mol. The molecule has 2 atom stereocenters. The Morgan fingerprint density at radius 2 is 1.76 bits per heavy atom. The van der Waals surface area contributed by atoms with Gasteiger partial charge in [0.2, 0.25) is 0 Å². The van der Waals surface area contributed by atoms with Gasteiger partial charge in [0.05, 0.1) is 19.8 Å². The van der Waals surface area contributed by atoms with Crippen molar-refractivity contribution < 1.29 is 9.47 Å². The van der Waals surface area contributed by atoms with Gasteiger partial charge in [0.25, 0.3) is 0 Å². The third-order valence-corrected chi connectivity index (χ3v) is 3.78. The maximum atomic E-state index is 5.95. The van der Waals surface area contributed by atoms with Crippen LogP contribution in [0.25, 0.3) is 0 Å². The van der Waals surface area contributed by atoms with Gasteiger partial charge in [-0.05, 0) is 49.3 Å². The lowest BCUT2D eigenvalue weighted by Crippen LogP contribution is -2.13. The Balaban J connectivity index is 2.34. The number of benzene rings is 1. The molecule has 0 N–H and O–H groups in total. The lowest BCUT2D eigenvalue weighted by molar-refractivity contribution is 0.0394. The fourth-order valence-corrected chi connectivity index (χ4v) is 2.33. The molecule has 2 unspecified atom stereocenters. The van der Waals surface area contributed by atoms with Crippen molar-refractivity contribution in [1.82, 2.24) is 0 Å². The molecule has 21 heavy (non-hydrogen) atoms. The second-order valence-corrected chi connectivity index (χ2v) is 6.17. The SMILES string of the molecule is C=CC(CCC(C)C)CC(C)OCc1ccc(OC)cc1. The Bertz CT molecular complexity index is 395. The van der Waals surface area contributed by atoms with Crippen molar-refractivity contribution in [3.63, 3.8) is 0 Å². The van der Waals surface area contributed by atoms with Crippen LogP contribution in [0.3, 0.4) is 0 Å². The summed E-state index contributed by atoms with van der Waals surface area (Å²) in [6.07, 6.45) is 5.84. The van der Waals surface area contributed by atoms with Crippen LogP contribution in [-0.2, 0) is 11.3 Å². The molecule has 1 aromatic carbocycles. The monoisotopic (exact) mass is 290 g/mol. The van der Waals surface area contributed by atoms with Gasteiger partial charge in [-0.15, -0.1) is 6.58 Å². The van der Waals surface area contributed by atoms with Gasteiger partial charge >= 0.3 is 0 Å². The van der Waals surface area contributed by atoms with Gasteiger partial charge in [0, 0.05) is 0 Å². The Morgan fingerprint density at radius 3 is 2.29 bits per heavy atom. The number of rotatable bonds is 10. The number of allylic oxidation sites excluding steroid dienone is 1. The molecule has 0 fully saturated rings. The summed E-state index contributed by atoms with van der Waals surface area (Å²) in [5.41, 5.74) is 1.18. The molecule has 0 saturated carbocycles. The van der Waals surface area contributed by atoms with E-state index in [1.807, 2.05) is 12.1 Å². The van der Waals surface area contributed by atoms with Crippen LogP contribution in [0.1, 0.15) is 45.6 Å². The highest BCUT2D eigenvalue weighted by Gasteiger charge is 2.11. The third-order valence-electron chi connectivity index (χ3n) is 3.78. The van der Waals surface area contributed by atoms with Gasteiger partial charge in [-0.2, -0.15) is 0 Å². The minimum atomic E-state index is 0.252. The first-order chi connectivity index (χ1) is 10.0. The van der Waals surface area contributed by atoms with E-state index in [1.165, 1.54) is 18.4 Å². The Kier molecular flexibility index (Phi) is 8.14. The molecule has 0 amide bonds. The molecule has 0 aromatic heterocycles. The number of methoxy groups -OCH3 is 1. The van der Waals surface area contributed by atoms with Crippen LogP contribution in [-0.4, -0.2) is 13.2 Å². The highest BCUT2D eigenvalue weighted by molar-refractivity contribution is 5.26. The second-order valence-electron chi connectivity index (χ2n) is 6.17. The van der Waals surface area contributed by atoms with Gasteiger partial charge in [-0.25, -0.2) is 0 Å². The van der Waals surface area contributed by atoms with Crippen LogP contribution < -0.4 is 4.74 Å². The van der Waals surface area contributed by atoms with Crippen molar-refractivity contribution in [2.75, 3.05) is 7.11 Å². The molecule has 1 rings (SSSR count). The van der Waals surface area contributed by atoms with Crippen molar-refractivity contribution in [2.24, 2.45) is 11.8 Å². The van der Waals surface area contributed by atoms with Crippen LogP contribution in [0.15, 0.2) is 36.9 Å². The molecule has 0 radical (unpaired) electrons. The van der Waals surface area contributed by atoms with E-state index in [0.29, 0.717) is 12.5 Å². The van der Waals surface area contributed by atoms with Gasteiger partial charge in [0.1, 0.15) is 5.75 Å². The molecule has 0 aliphatic heterocycles. The Morgan fingerprint density at radius 1 is 1.10 bits per heavy atom. The molecule has 2 heteroatoms. The molecule has 2 nitrogen and oxygen atoms in total. The lowest BCUT2D eigenvalue weighted by atomic mass is 9.93. The molecular formula is C19H30O2. The average molecular weight is 290 g/mol. The van der Waals surface area contributed by atoms with E-state index in [2.05, 4.69) is 45.6 Å². The maximum Gasteiger partial charge on any atom is 0.118 e. The summed E-state index contributed by atoms with van der Waals surface area (Å²) < 4.78 is 11.1. The number of hydrogen-bond acceptors (Lipinski definition) is 2. The van der Waals surface area contributed by atoms with Gasteiger partial charge in [0.15, 0.2) is 0 Å². The first kappa shape index (κ1) is 17.8.